The Kier molecular flexibility index (Phi) is 4.87. The molecule has 0 radical (unpaired) electrons. The van der Waals surface area contributed by atoms with E-state index in [0.29, 0.717) is 17.2 Å². The fourth-order valence-corrected chi connectivity index (χ4v) is 5.70. The molecular weight excluding hydrogens is 376 g/mol. The van der Waals surface area contributed by atoms with Gasteiger partial charge in [-0.1, -0.05) is 12.2 Å². The largest absolute Gasteiger partial charge is 0.354 e. The standard InChI is InChI=1S/C20H26N4O3S/c1-10(21)7-22-18(26)16-12-3-4-13(20(12)5-6-20)17(16)19(27)23-8-15-24-14(9-28-15)11(2)25/h3-4,9-10,12-13,16-17H,5-8,21H2,1-2H3,(H,22,26)(H,23,27)/t10?,12-,13+,16-,17-/m1/s1. The number of thiazole rings is 1. The summed E-state index contributed by atoms with van der Waals surface area (Å²) in [5, 5.41) is 8.27. The first-order valence-corrected chi connectivity index (χ1v) is 10.7. The van der Waals surface area contributed by atoms with Crippen LogP contribution in [0.5, 0.6) is 0 Å². The van der Waals surface area contributed by atoms with Crippen LogP contribution < -0.4 is 16.4 Å². The third-order valence-corrected chi connectivity index (χ3v) is 7.22. The van der Waals surface area contributed by atoms with Gasteiger partial charge in [0.2, 0.25) is 11.8 Å². The summed E-state index contributed by atoms with van der Waals surface area (Å²) in [7, 11) is 0. The second kappa shape index (κ2) is 7.08. The van der Waals surface area contributed by atoms with E-state index in [1.807, 2.05) is 6.92 Å². The van der Waals surface area contributed by atoms with Gasteiger partial charge in [-0.2, -0.15) is 0 Å². The van der Waals surface area contributed by atoms with Crippen molar-refractivity contribution >= 4 is 28.9 Å². The summed E-state index contributed by atoms with van der Waals surface area (Å²) >= 11 is 1.35. The molecule has 2 fully saturated rings. The van der Waals surface area contributed by atoms with E-state index >= 15 is 0 Å². The number of nitrogens with zero attached hydrogens (tertiary/aromatic N) is 1. The third-order valence-electron chi connectivity index (χ3n) is 6.37. The Labute approximate surface area is 168 Å². The van der Waals surface area contributed by atoms with Crippen molar-refractivity contribution in [1.82, 2.24) is 15.6 Å². The maximum Gasteiger partial charge on any atom is 0.224 e. The lowest BCUT2D eigenvalue weighted by Crippen LogP contribution is -2.46. The molecule has 2 bridgehead atoms. The van der Waals surface area contributed by atoms with Crippen LogP contribution in [0, 0.1) is 29.1 Å². The average Bonchev–Trinajstić information content (AvgIpc) is 3.05. The number of aromatic nitrogens is 1. The molecule has 4 N–H and O–H groups in total. The lowest BCUT2D eigenvalue weighted by Gasteiger charge is -2.26. The van der Waals surface area contributed by atoms with E-state index in [1.54, 1.807) is 5.38 Å². The van der Waals surface area contributed by atoms with Crippen molar-refractivity contribution in [3.05, 3.63) is 28.2 Å². The fraction of sp³-hybridized carbons (Fsp3) is 0.600. The highest BCUT2D eigenvalue weighted by atomic mass is 32.1. The fourth-order valence-electron chi connectivity index (χ4n) is 4.92. The molecule has 3 aliphatic rings. The van der Waals surface area contributed by atoms with Crippen LogP contribution in [-0.4, -0.2) is 35.2 Å². The zero-order valence-corrected chi connectivity index (χ0v) is 16.9. The zero-order valence-electron chi connectivity index (χ0n) is 16.1. The molecule has 0 saturated heterocycles. The zero-order chi connectivity index (χ0) is 20.1. The highest BCUT2D eigenvalue weighted by molar-refractivity contribution is 7.09. The summed E-state index contributed by atoms with van der Waals surface area (Å²) in [6.45, 7) is 4.00. The summed E-state index contributed by atoms with van der Waals surface area (Å²) in [6.07, 6.45) is 6.42. The van der Waals surface area contributed by atoms with Crippen molar-refractivity contribution in [2.75, 3.05) is 6.54 Å². The molecule has 5 atom stereocenters. The van der Waals surface area contributed by atoms with Crippen LogP contribution in [0.2, 0.25) is 0 Å². The number of hydrogen-bond acceptors (Lipinski definition) is 6. The molecule has 0 aromatic carbocycles. The Hall–Kier alpha value is -2.06. The molecule has 1 aromatic heterocycles. The third kappa shape index (κ3) is 3.18. The Bertz CT molecular complexity index is 842. The molecule has 1 aromatic rings. The minimum absolute atomic E-state index is 0.0753. The second-order valence-corrected chi connectivity index (χ2v) is 9.29. The smallest absolute Gasteiger partial charge is 0.224 e. The molecule has 0 aliphatic heterocycles. The van der Waals surface area contributed by atoms with Gasteiger partial charge in [-0.15, -0.1) is 11.3 Å². The number of carbonyl (C=O) groups excluding carboxylic acids is 3. The van der Waals surface area contributed by atoms with Gasteiger partial charge < -0.3 is 16.4 Å². The number of hydrogen-bond donors (Lipinski definition) is 3. The topological polar surface area (TPSA) is 114 Å². The number of nitrogens with two attached hydrogens (primary N) is 1. The van der Waals surface area contributed by atoms with Crippen molar-refractivity contribution in [3.8, 4) is 0 Å². The van der Waals surface area contributed by atoms with Gasteiger partial charge in [0.05, 0.1) is 18.4 Å². The molecule has 2 saturated carbocycles. The normalized spacial score (nSPS) is 29.7. The summed E-state index contributed by atoms with van der Waals surface area (Å²) in [4.78, 5) is 41.6. The summed E-state index contributed by atoms with van der Waals surface area (Å²) in [6, 6.07) is -0.124. The minimum atomic E-state index is -0.363. The van der Waals surface area contributed by atoms with Crippen LogP contribution in [0.4, 0.5) is 0 Å². The Balaban J connectivity index is 1.47. The van der Waals surface area contributed by atoms with Gasteiger partial charge in [0.15, 0.2) is 5.78 Å². The van der Waals surface area contributed by atoms with Crippen molar-refractivity contribution in [2.24, 2.45) is 34.8 Å². The number of Topliss-reactive ketones (excluding diaryl/α,β-unsaturated/α-hetero) is 1. The Morgan fingerprint density at radius 3 is 2.32 bits per heavy atom. The van der Waals surface area contributed by atoms with Crippen molar-refractivity contribution < 1.29 is 14.4 Å². The number of ketones is 1. The highest BCUT2D eigenvalue weighted by Crippen LogP contribution is 2.72. The lowest BCUT2D eigenvalue weighted by molar-refractivity contribution is -0.135. The van der Waals surface area contributed by atoms with E-state index < -0.39 is 0 Å². The van der Waals surface area contributed by atoms with Gasteiger partial charge in [-0.05, 0) is 37.0 Å². The first-order valence-electron chi connectivity index (χ1n) is 9.78. The van der Waals surface area contributed by atoms with Crippen LogP contribution in [0.25, 0.3) is 0 Å². The van der Waals surface area contributed by atoms with Crippen LogP contribution in [0.15, 0.2) is 17.5 Å². The van der Waals surface area contributed by atoms with Crippen molar-refractivity contribution in [1.29, 1.82) is 0 Å². The molecule has 1 unspecified atom stereocenters. The van der Waals surface area contributed by atoms with E-state index in [9.17, 15) is 14.4 Å². The Morgan fingerprint density at radius 2 is 1.82 bits per heavy atom. The van der Waals surface area contributed by atoms with Crippen LogP contribution >= 0.6 is 11.3 Å². The molecule has 8 heteroatoms. The molecule has 28 heavy (non-hydrogen) atoms. The van der Waals surface area contributed by atoms with E-state index in [2.05, 4.69) is 27.8 Å². The molecule has 1 heterocycles. The van der Waals surface area contributed by atoms with Gasteiger partial charge >= 0.3 is 0 Å². The van der Waals surface area contributed by atoms with Crippen molar-refractivity contribution in [2.45, 2.75) is 39.3 Å². The average molecular weight is 403 g/mol. The molecular formula is C20H26N4O3S. The number of amides is 2. The van der Waals surface area contributed by atoms with Crippen molar-refractivity contribution in [3.63, 3.8) is 0 Å². The van der Waals surface area contributed by atoms with Crippen LogP contribution in [-0.2, 0) is 16.1 Å². The molecule has 1 spiro atoms. The van der Waals surface area contributed by atoms with Crippen LogP contribution in [0.1, 0.15) is 42.2 Å². The monoisotopic (exact) mass is 402 g/mol. The van der Waals surface area contributed by atoms with Crippen LogP contribution in [0.3, 0.4) is 0 Å². The van der Waals surface area contributed by atoms with Gasteiger partial charge in [-0.25, -0.2) is 4.98 Å². The number of nitrogens with one attached hydrogen (secondary N) is 2. The quantitative estimate of drug-likeness (QED) is 0.469. The maximum atomic E-state index is 13.1. The molecule has 150 valence electrons. The van der Waals surface area contributed by atoms with Gasteiger partial charge in [0.1, 0.15) is 10.7 Å². The molecule has 3 aliphatic carbocycles. The second-order valence-electron chi connectivity index (χ2n) is 8.34. The number of rotatable bonds is 7. The van der Waals surface area contributed by atoms with E-state index in [-0.39, 0.29) is 59.3 Å². The summed E-state index contributed by atoms with van der Waals surface area (Å²) in [5.74, 6) is -0.734. The van der Waals surface area contributed by atoms with E-state index in [0.717, 1.165) is 12.8 Å². The van der Waals surface area contributed by atoms with E-state index in [4.69, 9.17) is 5.73 Å². The molecule has 4 rings (SSSR count). The minimum Gasteiger partial charge on any atom is -0.354 e. The van der Waals surface area contributed by atoms with E-state index in [1.165, 1.54) is 18.3 Å². The highest BCUT2D eigenvalue weighted by Gasteiger charge is 2.69. The van der Waals surface area contributed by atoms with Gasteiger partial charge in [-0.3, -0.25) is 14.4 Å². The number of allylic oxidation sites excluding steroid dienone is 2. The summed E-state index contributed by atoms with van der Waals surface area (Å²) < 4.78 is 0. The van der Waals surface area contributed by atoms with Gasteiger partial charge in [0.25, 0.3) is 0 Å². The first kappa shape index (κ1) is 19.3. The Morgan fingerprint density at radius 1 is 1.21 bits per heavy atom. The predicted molar refractivity (Wildman–Crippen MR) is 105 cm³/mol. The van der Waals surface area contributed by atoms with Gasteiger partial charge in [0, 0.05) is 24.9 Å². The lowest BCUT2D eigenvalue weighted by atomic mass is 9.81. The molecule has 2 amide bonds. The summed E-state index contributed by atoms with van der Waals surface area (Å²) in [5.41, 5.74) is 6.29. The predicted octanol–water partition coefficient (Wildman–Crippen LogP) is 1.25. The SMILES string of the molecule is CC(=O)c1csc(CNC(=O)[C@H]2[C@H](C(=O)NCC(C)N)[C@H]3C=C[C@@H]2C32CC2)n1. The first-order chi connectivity index (χ1) is 13.3. The maximum absolute atomic E-state index is 13.1. The number of carbonyl (C=O) groups is 3. The molecule has 7 nitrogen and oxygen atoms in total.